The van der Waals surface area contributed by atoms with Gasteiger partial charge >= 0.3 is 0 Å². The van der Waals surface area contributed by atoms with Crippen LogP contribution >= 0.6 is 11.6 Å². The molecular formula is C19H21ClN4. The molecule has 1 fully saturated rings. The van der Waals surface area contributed by atoms with Gasteiger partial charge in [-0.05, 0) is 54.3 Å². The molecule has 0 bridgehead atoms. The molecule has 1 aromatic carbocycles. The first-order chi connectivity index (χ1) is 11.8. The van der Waals surface area contributed by atoms with Gasteiger partial charge in [-0.3, -0.25) is 0 Å². The van der Waals surface area contributed by atoms with Gasteiger partial charge in [0.2, 0.25) is 0 Å². The van der Waals surface area contributed by atoms with E-state index in [-0.39, 0.29) is 0 Å². The van der Waals surface area contributed by atoms with Crippen molar-refractivity contribution >= 4 is 28.3 Å². The quantitative estimate of drug-likeness (QED) is 0.741. The van der Waals surface area contributed by atoms with Crippen molar-refractivity contribution in [2.24, 2.45) is 5.92 Å². The number of nitrogens with one attached hydrogen (secondary N) is 2. The minimum atomic E-state index is 0.684. The number of benzene rings is 1. The number of pyridine rings is 1. The predicted molar refractivity (Wildman–Crippen MR) is 99.6 cm³/mol. The maximum atomic E-state index is 5.97. The standard InChI is InChI=1S/C19H21ClN4/c20-16-1-3-17(4-2-16)24-10-7-14(13-24)11-21-12-15-5-8-22-19-18(15)6-9-23-19/h1-6,8-9,14,21H,7,10-13H2,(H,22,23). The number of hydrogen-bond acceptors (Lipinski definition) is 3. The van der Waals surface area contributed by atoms with E-state index in [9.17, 15) is 0 Å². The van der Waals surface area contributed by atoms with Crippen LogP contribution in [0, 0.1) is 5.92 Å². The molecule has 1 atom stereocenters. The van der Waals surface area contributed by atoms with Crippen molar-refractivity contribution in [1.82, 2.24) is 15.3 Å². The number of fused-ring (bicyclic) bond motifs is 1. The van der Waals surface area contributed by atoms with Crippen LogP contribution in [0.4, 0.5) is 5.69 Å². The molecule has 0 aliphatic carbocycles. The summed E-state index contributed by atoms with van der Waals surface area (Å²) >= 11 is 5.97. The summed E-state index contributed by atoms with van der Waals surface area (Å²) in [6, 6.07) is 12.3. The Balaban J connectivity index is 1.31. The highest BCUT2D eigenvalue weighted by Gasteiger charge is 2.22. The van der Waals surface area contributed by atoms with E-state index < -0.39 is 0 Å². The Morgan fingerprint density at radius 1 is 1.21 bits per heavy atom. The maximum absolute atomic E-state index is 5.97. The Morgan fingerprint density at radius 2 is 2.08 bits per heavy atom. The van der Waals surface area contributed by atoms with Crippen LogP contribution in [0.5, 0.6) is 0 Å². The van der Waals surface area contributed by atoms with E-state index in [0.717, 1.165) is 36.8 Å². The zero-order chi connectivity index (χ0) is 16.4. The van der Waals surface area contributed by atoms with Crippen molar-refractivity contribution < 1.29 is 0 Å². The largest absolute Gasteiger partial charge is 0.371 e. The van der Waals surface area contributed by atoms with Crippen LogP contribution in [0.25, 0.3) is 11.0 Å². The van der Waals surface area contributed by atoms with Crippen molar-refractivity contribution in [3.05, 3.63) is 59.4 Å². The highest BCUT2D eigenvalue weighted by atomic mass is 35.5. The molecule has 2 N–H and O–H groups in total. The molecule has 0 spiro atoms. The number of H-pyrrole nitrogens is 1. The molecule has 0 radical (unpaired) electrons. The topological polar surface area (TPSA) is 44.0 Å². The minimum absolute atomic E-state index is 0.684. The summed E-state index contributed by atoms with van der Waals surface area (Å²) in [5, 5.41) is 5.62. The third-order valence-electron chi connectivity index (χ3n) is 4.78. The first-order valence-corrected chi connectivity index (χ1v) is 8.79. The molecule has 0 saturated carbocycles. The smallest absolute Gasteiger partial charge is 0.137 e. The molecule has 1 saturated heterocycles. The first-order valence-electron chi connectivity index (χ1n) is 8.42. The summed E-state index contributed by atoms with van der Waals surface area (Å²) < 4.78 is 0. The van der Waals surface area contributed by atoms with Gasteiger partial charge in [-0.25, -0.2) is 4.98 Å². The molecule has 3 heterocycles. The van der Waals surface area contributed by atoms with Crippen LogP contribution in [0.3, 0.4) is 0 Å². The molecule has 5 heteroatoms. The molecule has 1 aliphatic rings. The van der Waals surface area contributed by atoms with Crippen molar-refractivity contribution in [3.8, 4) is 0 Å². The lowest BCUT2D eigenvalue weighted by molar-refractivity contribution is 0.517. The first kappa shape index (κ1) is 15.5. The lowest BCUT2D eigenvalue weighted by Gasteiger charge is -2.19. The molecule has 24 heavy (non-hydrogen) atoms. The third kappa shape index (κ3) is 3.25. The molecule has 4 nitrogen and oxygen atoms in total. The fourth-order valence-corrected chi connectivity index (χ4v) is 3.59. The van der Waals surface area contributed by atoms with Crippen molar-refractivity contribution in [3.63, 3.8) is 0 Å². The van der Waals surface area contributed by atoms with Crippen LogP contribution in [0.1, 0.15) is 12.0 Å². The van der Waals surface area contributed by atoms with Gasteiger partial charge in [0.05, 0.1) is 0 Å². The lowest BCUT2D eigenvalue weighted by atomic mass is 10.1. The fraction of sp³-hybridized carbons (Fsp3) is 0.316. The van der Waals surface area contributed by atoms with Gasteiger partial charge in [-0.1, -0.05) is 11.6 Å². The monoisotopic (exact) mass is 340 g/mol. The van der Waals surface area contributed by atoms with Crippen LogP contribution in [-0.4, -0.2) is 29.6 Å². The molecule has 0 amide bonds. The summed E-state index contributed by atoms with van der Waals surface area (Å²) in [4.78, 5) is 9.95. The van der Waals surface area contributed by atoms with Gasteiger partial charge in [0.25, 0.3) is 0 Å². The van der Waals surface area contributed by atoms with E-state index in [0.29, 0.717) is 5.92 Å². The maximum Gasteiger partial charge on any atom is 0.137 e. The molecule has 4 rings (SSSR count). The molecule has 1 aliphatic heterocycles. The molecule has 2 aromatic heterocycles. The summed E-state index contributed by atoms with van der Waals surface area (Å²) in [5.74, 6) is 0.684. The second-order valence-corrected chi connectivity index (χ2v) is 6.85. The highest BCUT2D eigenvalue weighted by Crippen LogP contribution is 2.25. The minimum Gasteiger partial charge on any atom is -0.371 e. The number of aromatic nitrogens is 2. The van der Waals surface area contributed by atoms with Crippen molar-refractivity contribution in [1.29, 1.82) is 0 Å². The van der Waals surface area contributed by atoms with Gasteiger partial charge < -0.3 is 15.2 Å². The SMILES string of the molecule is Clc1ccc(N2CCC(CNCc3ccnc4[nH]ccc34)C2)cc1. The third-order valence-corrected chi connectivity index (χ3v) is 5.03. The lowest BCUT2D eigenvalue weighted by Crippen LogP contribution is -2.26. The Hall–Kier alpha value is -2.04. The average Bonchev–Trinajstić information content (AvgIpc) is 3.25. The molecule has 124 valence electrons. The number of rotatable bonds is 5. The summed E-state index contributed by atoms with van der Waals surface area (Å²) in [6.07, 6.45) is 5.04. The predicted octanol–water partition coefficient (Wildman–Crippen LogP) is 3.83. The van der Waals surface area contributed by atoms with Crippen molar-refractivity contribution in [2.75, 3.05) is 24.5 Å². The van der Waals surface area contributed by atoms with Gasteiger partial charge in [-0.2, -0.15) is 0 Å². The van der Waals surface area contributed by atoms with Crippen LogP contribution in [-0.2, 0) is 6.54 Å². The number of hydrogen-bond donors (Lipinski definition) is 2. The highest BCUT2D eigenvalue weighted by molar-refractivity contribution is 6.30. The molecule has 1 unspecified atom stereocenters. The van der Waals surface area contributed by atoms with E-state index in [1.165, 1.54) is 23.1 Å². The van der Waals surface area contributed by atoms with Gasteiger partial charge in [0, 0.05) is 54.7 Å². The fourth-order valence-electron chi connectivity index (χ4n) is 3.47. The summed E-state index contributed by atoms with van der Waals surface area (Å²) in [6.45, 7) is 4.14. The van der Waals surface area contributed by atoms with E-state index in [2.05, 4.69) is 44.5 Å². The Labute approximate surface area is 146 Å². The van der Waals surface area contributed by atoms with E-state index in [4.69, 9.17) is 11.6 Å². The number of aromatic amines is 1. The Bertz CT molecular complexity index is 812. The van der Waals surface area contributed by atoms with Crippen molar-refractivity contribution in [2.45, 2.75) is 13.0 Å². The van der Waals surface area contributed by atoms with Gasteiger partial charge in [0.15, 0.2) is 0 Å². The normalized spacial score (nSPS) is 17.7. The molecule has 3 aromatic rings. The van der Waals surface area contributed by atoms with E-state index in [1.807, 2.05) is 24.5 Å². The van der Waals surface area contributed by atoms with Gasteiger partial charge in [0.1, 0.15) is 5.65 Å². The van der Waals surface area contributed by atoms with Crippen LogP contribution in [0.15, 0.2) is 48.8 Å². The molecular weight excluding hydrogens is 320 g/mol. The summed E-state index contributed by atoms with van der Waals surface area (Å²) in [7, 11) is 0. The second-order valence-electron chi connectivity index (χ2n) is 6.42. The van der Waals surface area contributed by atoms with Crippen LogP contribution < -0.4 is 10.2 Å². The number of halogens is 1. The number of nitrogens with zero attached hydrogens (tertiary/aromatic N) is 2. The Kier molecular flexibility index (Phi) is 4.41. The zero-order valence-electron chi connectivity index (χ0n) is 13.5. The second kappa shape index (κ2) is 6.83. The van der Waals surface area contributed by atoms with E-state index in [1.54, 1.807) is 0 Å². The average molecular weight is 341 g/mol. The summed E-state index contributed by atoms with van der Waals surface area (Å²) in [5.41, 5.74) is 3.53. The Morgan fingerprint density at radius 3 is 2.96 bits per heavy atom. The van der Waals surface area contributed by atoms with E-state index >= 15 is 0 Å². The zero-order valence-corrected chi connectivity index (χ0v) is 14.3. The van der Waals surface area contributed by atoms with Gasteiger partial charge in [-0.15, -0.1) is 0 Å². The van der Waals surface area contributed by atoms with Crippen LogP contribution in [0.2, 0.25) is 5.02 Å². The number of anilines is 1.